The van der Waals surface area contributed by atoms with Gasteiger partial charge in [-0.3, -0.25) is 0 Å². The summed E-state index contributed by atoms with van der Waals surface area (Å²) in [6.45, 7) is 4.06. The van der Waals surface area contributed by atoms with Gasteiger partial charge >= 0.3 is 5.97 Å². The van der Waals surface area contributed by atoms with Gasteiger partial charge in [0.1, 0.15) is 0 Å². The van der Waals surface area contributed by atoms with E-state index in [9.17, 15) is 4.79 Å². The van der Waals surface area contributed by atoms with E-state index in [2.05, 4.69) is 15.9 Å². The number of carboxylic acids is 1. The number of hydrogen-bond donors (Lipinski definition) is 2. The van der Waals surface area contributed by atoms with Crippen molar-refractivity contribution in [2.45, 2.75) is 19.9 Å². The van der Waals surface area contributed by atoms with E-state index in [0.717, 1.165) is 27.4 Å². The van der Waals surface area contributed by atoms with Crippen molar-refractivity contribution < 1.29 is 19.4 Å². The number of carboxylic acid groups (broad SMARTS) is 1. The zero-order valence-corrected chi connectivity index (χ0v) is 16.8. The maximum Gasteiger partial charge on any atom is 0.328 e. The molecule has 0 spiro atoms. The van der Waals surface area contributed by atoms with Crippen molar-refractivity contribution in [2.24, 2.45) is 5.73 Å². The van der Waals surface area contributed by atoms with Gasteiger partial charge in [-0.15, -0.1) is 0 Å². The minimum Gasteiger partial charge on any atom is -0.478 e. The lowest BCUT2D eigenvalue weighted by molar-refractivity contribution is -0.131. The molecule has 1 heterocycles. The zero-order chi connectivity index (χ0) is 19.8. The highest BCUT2D eigenvalue weighted by molar-refractivity contribution is 9.10. The van der Waals surface area contributed by atoms with Crippen molar-refractivity contribution in [3.63, 3.8) is 0 Å². The second-order valence-electron chi connectivity index (χ2n) is 6.01. The zero-order valence-electron chi connectivity index (χ0n) is 15.2. The van der Waals surface area contributed by atoms with Gasteiger partial charge in [0, 0.05) is 16.6 Å². The molecule has 0 aliphatic carbocycles. The molecule has 1 unspecified atom stereocenters. The standard InChI is InChI=1S/C13H12O4.C8H10BrN/c1-9(2-5-13(14)15)6-10-3-4-11-12(7-10)17-8-16-11;1-6(10)7-2-4-8(9)5-3-7/h2-7H,8H2,1H3,(H,14,15);2-6H,10H2,1H3/b5-2+,9-6+;. The lowest BCUT2D eigenvalue weighted by atomic mass is 10.1. The molecule has 1 atom stereocenters. The first kappa shape index (κ1) is 20.7. The maximum absolute atomic E-state index is 10.4. The summed E-state index contributed by atoms with van der Waals surface area (Å²) in [6, 6.07) is 13.8. The summed E-state index contributed by atoms with van der Waals surface area (Å²) in [5, 5.41) is 8.50. The first-order chi connectivity index (χ1) is 12.8. The van der Waals surface area contributed by atoms with Crippen LogP contribution in [0.5, 0.6) is 11.5 Å². The van der Waals surface area contributed by atoms with Crippen molar-refractivity contribution in [2.75, 3.05) is 6.79 Å². The fraction of sp³-hybridized carbons (Fsp3) is 0.190. The third-order valence-corrected chi connectivity index (χ3v) is 4.20. The molecule has 6 heteroatoms. The number of ether oxygens (including phenoxy) is 2. The van der Waals surface area contributed by atoms with E-state index in [-0.39, 0.29) is 12.8 Å². The Bertz CT molecular complexity index is 842. The minimum atomic E-state index is -0.955. The molecule has 3 rings (SSSR count). The second kappa shape index (κ2) is 9.94. The topological polar surface area (TPSA) is 81.8 Å². The van der Waals surface area contributed by atoms with E-state index >= 15 is 0 Å². The number of rotatable bonds is 4. The number of nitrogens with two attached hydrogens (primary N) is 1. The average molecular weight is 432 g/mol. The Balaban J connectivity index is 0.000000223. The second-order valence-corrected chi connectivity index (χ2v) is 6.93. The van der Waals surface area contributed by atoms with Crippen molar-refractivity contribution in [3.8, 4) is 11.5 Å². The van der Waals surface area contributed by atoms with Crippen LogP contribution in [0.15, 0.2) is 64.7 Å². The molecular weight excluding hydrogens is 410 g/mol. The SMILES string of the molecule is CC(/C=C/C(=O)O)=C\c1ccc2c(c1)OCO2.CC(N)c1ccc(Br)cc1. The van der Waals surface area contributed by atoms with E-state index in [1.807, 2.05) is 62.4 Å². The fourth-order valence-corrected chi connectivity index (χ4v) is 2.55. The number of halogens is 1. The predicted octanol–water partition coefficient (Wildman–Crippen LogP) is 4.93. The number of fused-ring (bicyclic) bond motifs is 1. The molecule has 3 N–H and O–H groups in total. The van der Waals surface area contributed by atoms with Crippen LogP contribution < -0.4 is 15.2 Å². The molecule has 142 valence electrons. The first-order valence-electron chi connectivity index (χ1n) is 8.35. The number of benzene rings is 2. The van der Waals surface area contributed by atoms with Crippen molar-refractivity contribution >= 4 is 28.0 Å². The van der Waals surface area contributed by atoms with Gasteiger partial charge in [-0.25, -0.2) is 4.79 Å². The lowest BCUT2D eigenvalue weighted by Crippen LogP contribution is -2.03. The molecule has 1 aliphatic rings. The highest BCUT2D eigenvalue weighted by Crippen LogP contribution is 2.33. The summed E-state index contributed by atoms with van der Waals surface area (Å²) in [4.78, 5) is 10.4. The molecule has 0 saturated carbocycles. The molecule has 2 aromatic rings. The molecule has 0 bridgehead atoms. The number of allylic oxidation sites excluding steroid dienone is 2. The highest BCUT2D eigenvalue weighted by atomic mass is 79.9. The Hall–Kier alpha value is -2.57. The van der Waals surface area contributed by atoms with Gasteiger partial charge in [-0.1, -0.05) is 51.9 Å². The van der Waals surface area contributed by atoms with Crippen LogP contribution in [-0.2, 0) is 4.79 Å². The molecule has 2 aromatic carbocycles. The van der Waals surface area contributed by atoms with Crippen LogP contribution in [0.25, 0.3) is 6.08 Å². The van der Waals surface area contributed by atoms with Crippen molar-refractivity contribution in [1.82, 2.24) is 0 Å². The Labute approximate surface area is 167 Å². The molecule has 27 heavy (non-hydrogen) atoms. The van der Waals surface area contributed by atoms with Gasteiger partial charge in [-0.05, 0) is 49.2 Å². The molecule has 1 aliphatic heterocycles. The molecule has 0 saturated heterocycles. The predicted molar refractivity (Wildman–Crippen MR) is 110 cm³/mol. The number of hydrogen-bond acceptors (Lipinski definition) is 4. The molecular formula is C21H22BrNO4. The van der Waals surface area contributed by atoms with Gasteiger partial charge in [0.15, 0.2) is 11.5 Å². The monoisotopic (exact) mass is 431 g/mol. The van der Waals surface area contributed by atoms with Gasteiger partial charge in [-0.2, -0.15) is 0 Å². The molecule has 0 aromatic heterocycles. The Morgan fingerprint density at radius 2 is 1.81 bits per heavy atom. The third-order valence-electron chi connectivity index (χ3n) is 3.68. The van der Waals surface area contributed by atoms with Gasteiger partial charge in [0.2, 0.25) is 6.79 Å². The Morgan fingerprint density at radius 3 is 2.44 bits per heavy atom. The molecule has 0 fully saturated rings. The number of carbonyl (C=O) groups is 1. The van der Waals surface area contributed by atoms with Crippen LogP contribution in [0, 0.1) is 0 Å². The average Bonchev–Trinajstić information content (AvgIpc) is 3.08. The highest BCUT2D eigenvalue weighted by Gasteiger charge is 2.12. The van der Waals surface area contributed by atoms with E-state index in [1.165, 1.54) is 5.56 Å². The van der Waals surface area contributed by atoms with Crippen LogP contribution in [0.3, 0.4) is 0 Å². The summed E-state index contributed by atoms with van der Waals surface area (Å²) in [5.74, 6) is 0.498. The fourth-order valence-electron chi connectivity index (χ4n) is 2.28. The van der Waals surface area contributed by atoms with Crippen LogP contribution in [-0.4, -0.2) is 17.9 Å². The molecule has 0 amide bonds. The third kappa shape index (κ3) is 6.92. The van der Waals surface area contributed by atoms with Crippen LogP contribution in [0.2, 0.25) is 0 Å². The van der Waals surface area contributed by atoms with Crippen LogP contribution in [0.1, 0.15) is 31.0 Å². The minimum absolute atomic E-state index is 0.132. The van der Waals surface area contributed by atoms with E-state index in [0.29, 0.717) is 5.75 Å². The summed E-state index contributed by atoms with van der Waals surface area (Å²) in [5.41, 5.74) is 8.62. The normalized spacial score (nSPS) is 13.9. The quantitative estimate of drug-likeness (QED) is 0.529. The van der Waals surface area contributed by atoms with Crippen LogP contribution >= 0.6 is 15.9 Å². The number of aliphatic carboxylic acids is 1. The molecule has 0 radical (unpaired) electrons. The first-order valence-corrected chi connectivity index (χ1v) is 9.14. The maximum atomic E-state index is 10.4. The molecule has 5 nitrogen and oxygen atoms in total. The summed E-state index contributed by atoms with van der Waals surface area (Å²) in [6.07, 6.45) is 4.53. The Kier molecular flexibility index (Phi) is 7.64. The van der Waals surface area contributed by atoms with Crippen LogP contribution in [0.4, 0.5) is 0 Å². The van der Waals surface area contributed by atoms with Gasteiger partial charge in [0.25, 0.3) is 0 Å². The summed E-state index contributed by atoms with van der Waals surface area (Å²) in [7, 11) is 0. The van der Waals surface area contributed by atoms with E-state index in [4.69, 9.17) is 20.3 Å². The largest absolute Gasteiger partial charge is 0.478 e. The van der Waals surface area contributed by atoms with Gasteiger partial charge < -0.3 is 20.3 Å². The van der Waals surface area contributed by atoms with Crippen molar-refractivity contribution in [3.05, 3.63) is 75.8 Å². The smallest absolute Gasteiger partial charge is 0.328 e. The van der Waals surface area contributed by atoms with Crippen molar-refractivity contribution in [1.29, 1.82) is 0 Å². The lowest BCUT2D eigenvalue weighted by Gasteiger charge is -2.03. The summed E-state index contributed by atoms with van der Waals surface area (Å²) >= 11 is 3.35. The van der Waals surface area contributed by atoms with E-state index < -0.39 is 5.97 Å². The summed E-state index contributed by atoms with van der Waals surface area (Å²) < 4.78 is 11.6. The van der Waals surface area contributed by atoms with E-state index in [1.54, 1.807) is 6.08 Å². The van der Waals surface area contributed by atoms with Gasteiger partial charge in [0.05, 0.1) is 0 Å². The Morgan fingerprint density at radius 1 is 1.15 bits per heavy atom.